The Kier molecular flexibility index (Phi) is 4.22. The summed E-state index contributed by atoms with van der Waals surface area (Å²) in [6.07, 6.45) is 2.49. The standard InChI is InChI=1S/C15H20N2O2/c1-3-11(8-16)15(18)17(2)9-12-10-19-14-7-5-4-6-13(12)14/h4-7,10-11H,3,8-9,16H2,1-2H3. The second-order valence-corrected chi connectivity index (χ2v) is 4.79. The average Bonchev–Trinajstić information content (AvgIpc) is 2.83. The van der Waals surface area contributed by atoms with Crippen molar-refractivity contribution < 1.29 is 9.21 Å². The van der Waals surface area contributed by atoms with Gasteiger partial charge < -0.3 is 15.1 Å². The summed E-state index contributed by atoms with van der Waals surface area (Å²) in [4.78, 5) is 13.9. The van der Waals surface area contributed by atoms with Crippen molar-refractivity contribution in [3.63, 3.8) is 0 Å². The van der Waals surface area contributed by atoms with Gasteiger partial charge in [0.25, 0.3) is 0 Å². The Hall–Kier alpha value is -1.81. The predicted octanol–water partition coefficient (Wildman–Crippen LogP) is 2.38. The van der Waals surface area contributed by atoms with Crippen LogP contribution in [0.25, 0.3) is 11.0 Å². The van der Waals surface area contributed by atoms with Gasteiger partial charge in [-0.15, -0.1) is 0 Å². The summed E-state index contributed by atoms with van der Waals surface area (Å²) >= 11 is 0. The maximum atomic E-state index is 12.2. The van der Waals surface area contributed by atoms with Gasteiger partial charge in [-0.1, -0.05) is 25.1 Å². The smallest absolute Gasteiger partial charge is 0.226 e. The predicted molar refractivity (Wildman–Crippen MR) is 75.5 cm³/mol. The summed E-state index contributed by atoms with van der Waals surface area (Å²) in [6.45, 7) is 2.93. The minimum absolute atomic E-state index is 0.0929. The van der Waals surface area contributed by atoms with E-state index in [0.29, 0.717) is 13.1 Å². The van der Waals surface area contributed by atoms with Gasteiger partial charge in [-0.25, -0.2) is 0 Å². The Bertz CT molecular complexity index is 558. The van der Waals surface area contributed by atoms with Gasteiger partial charge in [0.1, 0.15) is 5.58 Å². The summed E-state index contributed by atoms with van der Waals surface area (Å²) in [6, 6.07) is 7.84. The first kappa shape index (κ1) is 13.6. The number of benzene rings is 1. The molecule has 1 atom stereocenters. The van der Waals surface area contributed by atoms with Crippen LogP contribution in [0.5, 0.6) is 0 Å². The summed E-state index contributed by atoms with van der Waals surface area (Å²) in [5.74, 6) is -0.00144. The van der Waals surface area contributed by atoms with Crippen molar-refractivity contribution in [2.75, 3.05) is 13.6 Å². The van der Waals surface area contributed by atoms with E-state index in [4.69, 9.17) is 10.2 Å². The zero-order chi connectivity index (χ0) is 13.8. The van der Waals surface area contributed by atoms with Crippen LogP contribution >= 0.6 is 0 Å². The van der Waals surface area contributed by atoms with E-state index in [1.807, 2.05) is 38.2 Å². The molecule has 0 aliphatic rings. The number of para-hydroxylation sites is 1. The molecule has 4 nitrogen and oxygen atoms in total. The first-order valence-corrected chi connectivity index (χ1v) is 6.57. The number of amides is 1. The Labute approximate surface area is 113 Å². The topological polar surface area (TPSA) is 59.5 Å². The van der Waals surface area contributed by atoms with Crippen LogP contribution in [0.1, 0.15) is 18.9 Å². The number of rotatable bonds is 5. The molecule has 1 heterocycles. The van der Waals surface area contributed by atoms with Crippen LogP contribution < -0.4 is 5.73 Å². The van der Waals surface area contributed by atoms with E-state index in [2.05, 4.69) is 0 Å². The number of fused-ring (bicyclic) bond motifs is 1. The van der Waals surface area contributed by atoms with E-state index in [-0.39, 0.29) is 11.8 Å². The van der Waals surface area contributed by atoms with Crippen molar-refractivity contribution in [2.45, 2.75) is 19.9 Å². The maximum Gasteiger partial charge on any atom is 0.226 e. The number of carbonyl (C=O) groups is 1. The quantitative estimate of drug-likeness (QED) is 0.898. The molecule has 1 aromatic carbocycles. The first-order valence-electron chi connectivity index (χ1n) is 6.57. The van der Waals surface area contributed by atoms with Crippen molar-refractivity contribution in [3.05, 3.63) is 36.1 Å². The fourth-order valence-electron chi connectivity index (χ4n) is 2.24. The molecule has 0 aliphatic heterocycles. The fraction of sp³-hybridized carbons (Fsp3) is 0.400. The maximum absolute atomic E-state index is 12.2. The lowest BCUT2D eigenvalue weighted by molar-refractivity contribution is -0.134. The number of hydrogen-bond acceptors (Lipinski definition) is 3. The number of nitrogens with two attached hydrogens (primary N) is 1. The molecular formula is C15H20N2O2. The van der Waals surface area contributed by atoms with Crippen LogP contribution in [0.2, 0.25) is 0 Å². The summed E-state index contributed by atoms with van der Waals surface area (Å²) < 4.78 is 5.48. The molecule has 19 heavy (non-hydrogen) atoms. The van der Waals surface area contributed by atoms with E-state index in [0.717, 1.165) is 23.0 Å². The fourth-order valence-corrected chi connectivity index (χ4v) is 2.24. The van der Waals surface area contributed by atoms with E-state index >= 15 is 0 Å². The molecule has 1 aromatic heterocycles. The lowest BCUT2D eigenvalue weighted by atomic mass is 10.1. The van der Waals surface area contributed by atoms with E-state index < -0.39 is 0 Å². The highest BCUT2D eigenvalue weighted by Gasteiger charge is 2.20. The summed E-state index contributed by atoms with van der Waals surface area (Å²) in [5.41, 5.74) is 7.50. The van der Waals surface area contributed by atoms with Gasteiger partial charge in [-0.2, -0.15) is 0 Å². The Morgan fingerprint density at radius 3 is 2.84 bits per heavy atom. The molecule has 1 unspecified atom stereocenters. The molecule has 0 spiro atoms. The molecule has 0 saturated heterocycles. The molecule has 4 heteroatoms. The third kappa shape index (κ3) is 2.79. The van der Waals surface area contributed by atoms with Crippen LogP contribution in [-0.4, -0.2) is 24.4 Å². The van der Waals surface area contributed by atoms with Crippen molar-refractivity contribution in [1.82, 2.24) is 4.90 Å². The minimum atomic E-state index is -0.0943. The summed E-state index contributed by atoms with van der Waals surface area (Å²) in [5, 5.41) is 1.06. The second kappa shape index (κ2) is 5.89. The van der Waals surface area contributed by atoms with Crippen LogP contribution in [0.15, 0.2) is 34.9 Å². The average molecular weight is 260 g/mol. The number of furan rings is 1. The van der Waals surface area contributed by atoms with Crippen molar-refractivity contribution in [3.8, 4) is 0 Å². The Morgan fingerprint density at radius 1 is 1.42 bits per heavy atom. The van der Waals surface area contributed by atoms with Crippen LogP contribution in [-0.2, 0) is 11.3 Å². The monoisotopic (exact) mass is 260 g/mol. The normalized spacial score (nSPS) is 12.6. The molecule has 0 radical (unpaired) electrons. The van der Waals surface area contributed by atoms with Gasteiger partial charge in [0.2, 0.25) is 5.91 Å². The van der Waals surface area contributed by atoms with Crippen LogP contribution in [0.3, 0.4) is 0 Å². The molecule has 1 amide bonds. The van der Waals surface area contributed by atoms with Gasteiger partial charge in [-0.3, -0.25) is 4.79 Å². The van der Waals surface area contributed by atoms with Crippen LogP contribution in [0.4, 0.5) is 0 Å². The Balaban J connectivity index is 2.14. The van der Waals surface area contributed by atoms with Gasteiger partial charge in [0.05, 0.1) is 12.2 Å². The molecule has 2 rings (SSSR count). The van der Waals surface area contributed by atoms with Crippen molar-refractivity contribution in [1.29, 1.82) is 0 Å². The third-order valence-corrected chi connectivity index (χ3v) is 3.47. The lowest BCUT2D eigenvalue weighted by Crippen LogP contribution is -2.35. The SMILES string of the molecule is CCC(CN)C(=O)N(C)Cc1coc2ccccc12. The van der Waals surface area contributed by atoms with E-state index in [1.54, 1.807) is 11.2 Å². The molecule has 0 aliphatic carbocycles. The highest BCUT2D eigenvalue weighted by molar-refractivity contribution is 5.82. The molecule has 2 N–H and O–H groups in total. The highest BCUT2D eigenvalue weighted by atomic mass is 16.3. The molecular weight excluding hydrogens is 240 g/mol. The zero-order valence-electron chi connectivity index (χ0n) is 11.4. The largest absolute Gasteiger partial charge is 0.464 e. The van der Waals surface area contributed by atoms with E-state index in [9.17, 15) is 4.79 Å². The highest BCUT2D eigenvalue weighted by Crippen LogP contribution is 2.22. The van der Waals surface area contributed by atoms with Gasteiger partial charge in [-0.05, 0) is 12.5 Å². The zero-order valence-corrected chi connectivity index (χ0v) is 11.4. The van der Waals surface area contributed by atoms with Gasteiger partial charge in [0, 0.05) is 31.1 Å². The van der Waals surface area contributed by atoms with Gasteiger partial charge >= 0.3 is 0 Å². The van der Waals surface area contributed by atoms with Gasteiger partial charge in [0.15, 0.2) is 0 Å². The second-order valence-electron chi connectivity index (χ2n) is 4.79. The minimum Gasteiger partial charge on any atom is -0.464 e. The summed E-state index contributed by atoms with van der Waals surface area (Å²) in [7, 11) is 1.81. The molecule has 0 bridgehead atoms. The van der Waals surface area contributed by atoms with Crippen molar-refractivity contribution >= 4 is 16.9 Å². The number of carbonyl (C=O) groups excluding carboxylic acids is 1. The van der Waals surface area contributed by atoms with Crippen LogP contribution in [0, 0.1) is 5.92 Å². The molecule has 0 saturated carbocycles. The third-order valence-electron chi connectivity index (χ3n) is 3.47. The lowest BCUT2D eigenvalue weighted by Gasteiger charge is -2.21. The number of nitrogens with zero attached hydrogens (tertiary/aromatic N) is 1. The first-order chi connectivity index (χ1) is 9.17. The van der Waals surface area contributed by atoms with Crippen molar-refractivity contribution in [2.24, 2.45) is 11.7 Å². The molecule has 2 aromatic rings. The Morgan fingerprint density at radius 2 is 2.16 bits per heavy atom. The number of hydrogen-bond donors (Lipinski definition) is 1. The molecule has 102 valence electrons. The molecule has 0 fully saturated rings. The van der Waals surface area contributed by atoms with E-state index in [1.165, 1.54) is 0 Å².